The van der Waals surface area contributed by atoms with E-state index in [-0.39, 0.29) is 6.04 Å². The average molecular weight is 436 g/mol. The molecule has 0 aliphatic carbocycles. The Bertz CT molecular complexity index is 602. The second kappa shape index (κ2) is 13.6. The van der Waals surface area contributed by atoms with Gasteiger partial charge in [-0.25, -0.2) is 17.5 Å². The number of rotatable bonds is 12. The summed E-state index contributed by atoms with van der Waals surface area (Å²) in [7, 11) is -1.49. The van der Waals surface area contributed by atoms with Crippen molar-refractivity contribution in [3.63, 3.8) is 0 Å². The topological polar surface area (TPSA) is 112 Å². The minimum atomic E-state index is -3.17. The third-order valence-corrected chi connectivity index (χ3v) is 5.44. The van der Waals surface area contributed by atoms with Crippen LogP contribution in [0, 0.1) is 0 Å². The zero-order valence-electron chi connectivity index (χ0n) is 19.2. The fourth-order valence-corrected chi connectivity index (χ4v) is 3.53. The lowest BCUT2D eigenvalue weighted by atomic mass is 10.1. The van der Waals surface area contributed by atoms with Crippen molar-refractivity contribution in [2.75, 3.05) is 39.5 Å². The minimum Gasteiger partial charge on any atom is -0.444 e. The van der Waals surface area contributed by atoms with Crippen LogP contribution in [-0.4, -0.2) is 75.9 Å². The molecule has 172 valence electrons. The Morgan fingerprint density at radius 2 is 1.83 bits per heavy atom. The van der Waals surface area contributed by atoms with Gasteiger partial charge in [0.15, 0.2) is 5.96 Å². The van der Waals surface area contributed by atoms with Gasteiger partial charge in [0.2, 0.25) is 10.0 Å². The zero-order chi connectivity index (χ0) is 22.5. The van der Waals surface area contributed by atoms with E-state index in [9.17, 15) is 13.2 Å². The summed E-state index contributed by atoms with van der Waals surface area (Å²) in [6, 6.07) is 0.0110. The number of unbranched alkanes of at least 4 members (excludes halogenated alkanes) is 1. The smallest absolute Gasteiger partial charge is 0.407 e. The van der Waals surface area contributed by atoms with E-state index in [0.29, 0.717) is 38.6 Å². The molecule has 29 heavy (non-hydrogen) atoms. The number of alkyl carbamates (subject to hydrolysis) is 1. The quantitative estimate of drug-likeness (QED) is 0.245. The summed E-state index contributed by atoms with van der Waals surface area (Å²) >= 11 is 0. The summed E-state index contributed by atoms with van der Waals surface area (Å²) in [6.45, 7) is 11.4. The van der Waals surface area contributed by atoms with E-state index in [4.69, 9.17) is 4.74 Å². The van der Waals surface area contributed by atoms with E-state index in [0.717, 1.165) is 19.3 Å². The van der Waals surface area contributed by atoms with Gasteiger partial charge in [0.1, 0.15) is 5.60 Å². The molecule has 1 atom stereocenters. The molecule has 0 saturated carbocycles. The van der Waals surface area contributed by atoms with Crippen LogP contribution in [0.3, 0.4) is 0 Å². The number of ether oxygens (including phenoxy) is 1. The number of hydrogen-bond acceptors (Lipinski definition) is 5. The maximum Gasteiger partial charge on any atom is 0.407 e. The molecule has 0 spiro atoms. The Labute approximate surface area is 177 Å². The van der Waals surface area contributed by atoms with Crippen LogP contribution in [0.5, 0.6) is 0 Å². The van der Waals surface area contributed by atoms with E-state index in [1.54, 1.807) is 7.05 Å². The Morgan fingerprint density at radius 1 is 1.17 bits per heavy atom. The Morgan fingerprint density at radius 3 is 2.31 bits per heavy atom. The van der Waals surface area contributed by atoms with Gasteiger partial charge < -0.3 is 20.7 Å². The number of aliphatic imine (C=N–C) groups is 1. The Balaban J connectivity index is 4.56. The number of carbonyl (C=O) groups is 1. The van der Waals surface area contributed by atoms with Crippen LogP contribution in [-0.2, 0) is 14.8 Å². The van der Waals surface area contributed by atoms with Crippen LogP contribution in [0.1, 0.15) is 60.3 Å². The molecular formula is C19H41N5O4S. The third kappa shape index (κ3) is 14.1. The summed E-state index contributed by atoms with van der Waals surface area (Å²) in [5.74, 6) is 0.625. The van der Waals surface area contributed by atoms with Gasteiger partial charge in [0.25, 0.3) is 0 Å². The molecule has 10 heteroatoms. The van der Waals surface area contributed by atoms with E-state index in [1.807, 2.05) is 27.7 Å². The molecule has 0 heterocycles. The highest BCUT2D eigenvalue weighted by Crippen LogP contribution is 2.07. The van der Waals surface area contributed by atoms with Crippen LogP contribution in [0.4, 0.5) is 4.79 Å². The van der Waals surface area contributed by atoms with Crippen molar-refractivity contribution in [2.45, 2.75) is 71.9 Å². The van der Waals surface area contributed by atoms with Crippen molar-refractivity contribution in [1.29, 1.82) is 0 Å². The molecule has 0 aliphatic heterocycles. The first-order valence-electron chi connectivity index (χ1n) is 10.3. The SMILES string of the molecule is CCCCC(CNC(=O)OC(C)(C)C)NC(=NC)NCCCN(CC)S(C)(=O)=O. The lowest BCUT2D eigenvalue weighted by Crippen LogP contribution is -2.49. The highest BCUT2D eigenvalue weighted by molar-refractivity contribution is 7.88. The highest BCUT2D eigenvalue weighted by atomic mass is 32.2. The molecule has 0 aliphatic rings. The summed E-state index contributed by atoms with van der Waals surface area (Å²) in [6.07, 6.45) is 4.39. The van der Waals surface area contributed by atoms with Gasteiger partial charge in [-0.1, -0.05) is 26.7 Å². The van der Waals surface area contributed by atoms with Gasteiger partial charge in [-0.15, -0.1) is 0 Å². The van der Waals surface area contributed by atoms with Gasteiger partial charge in [0.05, 0.1) is 6.26 Å². The van der Waals surface area contributed by atoms with Crippen molar-refractivity contribution >= 4 is 22.1 Å². The normalized spacial score (nSPS) is 13.9. The Hall–Kier alpha value is -1.55. The van der Waals surface area contributed by atoms with Crippen LogP contribution in [0.2, 0.25) is 0 Å². The van der Waals surface area contributed by atoms with Gasteiger partial charge in [0, 0.05) is 39.3 Å². The van der Waals surface area contributed by atoms with Crippen LogP contribution in [0.15, 0.2) is 4.99 Å². The molecule has 0 aromatic heterocycles. The summed E-state index contributed by atoms with van der Waals surface area (Å²) < 4.78 is 30.0. The molecule has 0 aromatic rings. The van der Waals surface area contributed by atoms with E-state index < -0.39 is 21.7 Å². The summed E-state index contributed by atoms with van der Waals surface area (Å²) in [5, 5.41) is 9.34. The number of carbonyl (C=O) groups excluding carboxylic acids is 1. The molecule has 0 bridgehead atoms. The van der Waals surface area contributed by atoms with Gasteiger partial charge in [-0.05, 0) is 33.6 Å². The van der Waals surface area contributed by atoms with Crippen molar-refractivity contribution in [3.05, 3.63) is 0 Å². The second-order valence-corrected chi connectivity index (χ2v) is 9.96. The number of sulfonamides is 1. The predicted octanol–water partition coefficient (Wildman–Crippen LogP) is 1.91. The van der Waals surface area contributed by atoms with Crippen molar-refractivity contribution < 1.29 is 17.9 Å². The van der Waals surface area contributed by atoms with E-state index >= 15 is 0 Å². The first-order valence-corrected chi connectivity index (χ1v) is 12.2. The lowest BCUT2D eigenvalue weighted by molar-refractivity contribution is 0.0522. The highest BCUT2D eigenvalue weighted by Gasteiger charge is 2.18. The predicted molar refractivity (Wildman–Crippen MR) is 119 cm³/mol. The number of nitrogens with one attached hydrogen (secondary N) is 3. The molecule has 1 amide bonds. The van der Waals surface area contributed by atoms with Crippen molar-refractivity contribution in [2.24, 2.45) is 4.99 Å². The van der Waals surface area contributed by atoms with Crippen LogP contribution < -0.4 is 16.0 Å². The monoisotopic (exact) mass is 435 g/mol. The molecular weight excluding hydrogens is 394 g/mol. The molecule has 0 rings (SSSR count). The maximum atomic E-state index is 11.9. The van der Waals surface area contributed by atoms with Crippen molar-refractivity contribution in [3.8, 4) is 0 Å². The number of nitrogens with zero attached hydrogens (tertiary/aromatic N) is 2. The van der Waals surface area contributed by atoms with E-state index in [2.05, 4.69) is 27.9 Å². The summed E-state index contributed by atoms with van der Waals surface area (Å²) in [5.41, 5.74) is -0.535. The maximum absolute atomic E-state index is 11.9. The fraction of sp³-hybridized carbons (Fsp3) is 0.895. The van der Waals surface area contributed by atoms with Gasteiger partial charge >= 0.3 is 6.09 Å². The molecule has 0 saturated heterocycles. The molecule has 0 fully saturated rings. The largest absolute Gasteiger partial charge is 0.444 e. The van der Waals surface area contributed by atoms with Gasteiger partial charge in [-0.2, -0.15) is 0 Å². The standard InChI is InChI=1S/C19H41N5O4S/c1-8-10-12-16(15-22-18(25)28-19(3,4)5)23-17(20-6)21-13-11-14-24(9-2)29(7,26)27/h16H,8-15H2,1-7H3,(H,22,25)(H2,20,21,23). The molecule has 1 unspecified atom stereocenters. The second-order valence-electron chi connectivity index (χ2n) is 7.97. The first-order chi connectivity index (χ1) is 13.4. The summed E-state index contributed by atoms with van der Waals surface area (Å²) in [4.78, 5) is 16.1. The Kier molecular flexibility index (Phi) is 12.9. The lowest BCUT2D eigenvalue weighted by Gasteiger charge is -2.24. The fourth-order valence-electron chi connectivity index (χ4n) is 2.61. The zero-order valence-corrected chi connectivity index (χ0v) is 20.0. The van der Waals surface area contributed by atoms with Crippen molar-refractivity contribution in [1.82, 2.24) is 20.3 Å². The number of guanidine groups is 1. The number of amides is 1. The first kappa shape index (κ1) is 27.5. The number of hydrogen-bond donors (Lipinski definition) is 3. The molecule has 9 nitrogen and oxygen atoms in total. The van der Waals surface area contributed by atoms with E-state index in [1.165, 1.54) is 10.6 Å². The third-order valence-electron chi connectivity index (χ3n) is 4.06. The minimum absolute atomic E-state index is 0.0110. The average Bonchev–Trinajstić information content (AvgIpc) is 2.59. The van der Waals surface area contributed by atoms with Gasteiger partial charge in [-0.3, -0.25) is 4.99 Å². The molecule has 3 N–H and O–H groups in total. The van der Waals surface area contributed by atoms with Crippen LogP contribution in [0.25, 0.3) is 0 Å². The van der Waals surface area contributed by atoms with Crippen LogP contribution >= 0.6 is 0 Å². The molecule has 0 radical (unpaired) electrons. The molecule has 0 aromatic carbocycles.